The van der Waals surface area contributed by atoms with Gasteiger partial charge in [0.05, 0.1) is 16.9 Å². The third kappa shape index (κ3) is 1.51. The van der Waals surface area contributed by atoms with Crippen LogP contribution in [-0.2, 0) is 5.54 Å². The lowest BCUT2D eigenvalue weighted by atomic mass is 9.98. The van der Waals surface area contributed by atoms with E-state index in [0.29, 0.717) is 0 Å². The first-order valence-electron chi connectivity index (χ1n) is 3.78. The fraction of sp³-hybridized carbons (Fsp3) is 0.333. The summed E-state index contributed by atoms with van der Waals surface area (Å²) in [7, 11) is 0. The summed E-state index contributed by atoms with van der Waals surface area (Å²) >= 11 is 0. The zero-order valence-electron chi connectivity index (χ0n) is 7.41. The maximum Gasteiger partial charge on any atom is 0.0850 e. The lowest BCUT2D eigenvalue weighted by Gasteiger charge is -2.19. The van der Waals surface area contributed by atoms with Crippen molar-refractivity contribution in [2.75, 3.05) is 0 Å². The Hall–Kier alpha value is -1.22. The lowest BCUT2D eigenvalue weighted by molar-refractivity contribution is 0.597. The zero-order valence-corrected chi connectivity index (χ0v) is 7.41. The number of nitrogens with two attached hydrogens (primary N) is 1. The monoisotopic (exact) mass is 163 g/mol. The Labute approximate surface area is 72.3 Å². The Bertz CT molecular complexity index is 292. The predicted octanol–water partition coefficient (Wildman–Crippen LogP) is 1.14. The van der Waals surface area contributed by atoms with Crippen molar-refractivity contribution in [1.82, 2.24) is 9.97 Å². The number of aryl methyl sites for hydroxylation is 1. The highest BCUT2D eigenvalue weighted by atomic mass is 14.9. The maximum atomic E-state index is 5.92. The summed E-state index contributed by atoms with van der Waals surface area (Å²) in [5.41, 5.74) is 6.96. The van der Waals surface area contributed by atoms with Gasteiger partial charge in [-0.1, -0.05) is 6.08 Å². The Balaban J connectivity index is 3.19. The largest absolute Gasteiger partial charge is 0.317 e. The molecule has 0 amide bonds. The van der Waals surface area contributed by atoms with Gasteiger partial charge in [0.15, 0.2) is 0 Å². The highest BCUT2D eigenvalue weighted by molar-refractivity contribution is 5.23. The summed E-state index contributed by atoms with van der Waals surface area (Å²) in [6, 6.07) is 0. The summed E-state index contributed by atoms with van der Waals surface area (Å²) in [5, 5.41) is 0. The minimum Gasteiger partial charge on any atom is -0.317 e. The van der Waals surface area contributed by atoms with Crippen LogP contribution in [0.3, 0.4) is 0 Å². The summed E-state index contributed by atoms with van der Waals surface area (Å²) in [6.45, 7) is 7.40. The molecule has 0 spiro atoms. The third-order valence-electron chi connectivity index (χ3n) is 1.82. The lowest BCUT2D eigenvalue weighted by Crippen LogP contribution is -2.32. The molecule has 1 atom stereocenters. The molecular weight excluding hydrogens is 150 g/mol. The topological polar surface area (TPSA) is 51.8 Å². The van der Waals surface area contributed by atoms with Gasteiger partial charge in [-0.3, -0.25) is 9.97 Å². The molecule has 0 aromatic carbocycles. The van der Waals surface area contributed by atoms with Gasteiger partial charge in [0.1, 0.15) is 0 Å². The van der Waals surface area contributed by atoms with Crippen molar-refractivity contribution in [3.8, 4) is 0 Å². The molecule has 1 unspecified atom stereocenters. The van der Waals surface area contributed by atoms with Crippen molar-refractivity contribution in [3.05, 3.63) is 36.4 Å². The molecule has 1 heterocycles. The Kier molecular flexibility index (Phi) is 2.24. The molecule has 0 saturated carbocycles. The maximum absolute atomic E-state index is 5.92. The van der Waals surface area contributed by atoms with Gasteiger partial charge < -0.3 is 5.73 Å². The highest BCUT2D eigenvalue weighted by Gasteiger charge is 2.20. The van der Waals surface area contributed by atoms with Crippen LogP contribution in [0.4, 0.5) is 0 Å². The molecule has 0 aliphatic carbocycles. The van der Waals surface area contributed by atoms with Gasteiger partial charge >= 0.3 is 0 Å². The molecule has 12 heavy (non-hydrogen) atoms. The van der Waals surface area contributed by atoms with Gasteiger partial charge in [-0.25, -0.2) is 0 Å². The molecule has 3 nitrogen and oxygen atoms in total. The van der Waals surface area contributed by atoms with E-state index in [0.717, 1.165) is 11.4 Å². The van der Waals surface area contributed by atoms with Gasteiger partial charge in [-0.2, -0.15) is 0 Å². The SMILES string of the molecule is C=CC(C)(N)c1nccnc1C. The van der Waals surface area contributed by atoms with Gasteiger partial charge in [-0.05, 0) is 13.8 Å². The van der Waals surface area contributed by atoms with Crippen molar-refractivity contribution >= 4 is 0 Å². The zero-order chi connectivity index (χ0) is 9.19. The number of hydrogen-bond donors (Lipinski definition) is 1. The van der Waals surface area contributed by atoms with E-state index in [9.17, 15) is 0 Å². The molecule has 1 rings (SSSR count). The average molecular weight is 163 g/mol. The minimum atomic E-state index is -0.585. The Morgan fingerprint density at radius 2 is 2.08 bits per heavy atom. The normalized spacial score (nSPS) is 15.2. The van der Waals surface area contributed by atoms with Crippen LogP contribution in [0.25, 0.3) is 0 Å². The van der Waals surface area contributed by atoms with Crippen LogP contribution in [0.1, 0.15) is 18.3 Å². The predicted molar refractivity (Wildman–Crippen MR) is 48.5 cm³/mol. The van der Waals surface area contributed by atoms with E-state index in [1.54, 1.807) is 18.5 Å². The van der Waals surface area contributed by atoms with E-state index in [1.807, 2.05) is 13.8 Å². The molecule has 3 heteroatoms. The first-order chi connectivity index (χ1) is 5.58. The first kappa shape index (κ1) is 8.87. The van der Waals surface area contributed by atoms with Crippen molar-refractivity contribution in [2.45, 2.75) is 19.4 Å². The minimum absolute atomic E-state index is 0.585. The van der Waals surface area contributed by atoms with Crippen LogP contribution in [0, 0.1) is 6.92 Å². The number of aromatic nitrogens is 2. The summed E-state index contributed by atoms with van der Waals surface area (Å²) in [4.78, 5) is 8.27. The standard InChI is InChI=1S/C9H13N3/c1-4-9(3,10)8-7(2)11-5-6-12-8/h4-6H,1,10H2,2-3H3. The van der Waals surface area contributed by atoms with Gasteiger partial charge in [-0.15, -0.1) is 6.58 Å². The smallest absolute Gasteiger partial charge is 0.0850 e. The molecule has 0 fully saturated rings. The van der Waals surface area contributed by atoms with E-state index in [-0.39, 0.29) is 0 Å². The van der Waals surface area contributed by atoms with E-state index >= 15 is 0 Å². The van der Waals surface area contributed by atoms with Gasteiger partial charge in [0.2, 0.25) is 0 Å². The second-order valence-corrected chi connectivity index (χ2v) is 2.98. The third-order valence-corrected chi connectivity index (χ3v) is 1.82. The average Bonchev–Trinajstić information content (AvgIpc) is 2.05. The van der Waals surface area contributed by atoms with Crippen molar-refractivity contribution < 1.29 is 0 Å². The second-order valence-electron chi connectivity index (χ2n) is 2.98. The summed E-state index contributed by atoms with van der Waals surface area (Å²) in [6.07, 6.45) is 4.96. The summed E-state index contributed by atoms with van der Waals surface area (Å²) < 4.78 is 0. The van der Waals surface area contributed by atoms with E-state index in [2.05, 4.69) is 16.5 Å². The fourth-order valence-electron chi connectivity index (χ4n) is 1.03. The first-order valence-corrected chi connectivity index (χ1v) is 3.78. The van der Waals surface area contributed by atoms with Gasteiger partial charge in [0, 0.05) is 12.4 Å². The molecule has 0 aliphatic heterocycles. The number of nitrogens with zero attached hydrogens (tertiary/aromatic N) is 2. The molecule has 0 aliphatic rings. The molecule has 0 bridgehead atoms. The van der Waals surface area contributed by atoms with Crippen molar-refractivity contribution in [1.29, 1.82) is 0 Å². The number of hydrogen-bond acceptors (Lipinski definition) is 3. The van der Waals surface area contributed by atoms with E-state index < -0.39 is 5.54 Å². The molecule has 1 aromatic rings. The van der Waals surface area contributed by atoms with E-state index in [4.69, 9.17) is 5.73 Å². The van der Waals surface area contributed by atoms with Crippen LogP contribution in [-0.4, -0.2) is 9.97 Å². The van der Waals surface area contributed by atoms with Crippen LogP contribution >= 0.6 is 0 Å². The van der Waals surface area contributed by atoms with Crippen LogP contribution < -0.4 is 5.73 Å². The Morgan fingerprint density at radius 3 is 2.58 bits per heavy atom. The van der Waals surface area contributed by atoms with Crippen molar-refractivity contribution in [3.63, 3.8) is 0 Å². The van der Waals surface area contributed by atoms with Crippen LogP contribution in [0.15, 0.2) is 25.0 Å². The molecule has 2 N–H and O–H groups in total. The molecular formula is C9H13N3. The fourth-order valence-corrected chi connectivity index (χ4v) is 1.03. The van der Waals surface area contributed by atoms with E-state index in [1.165, 1.54) is 0 Å². The molecule has 1 aromatic heterocycles. The highest BCUT2D eigenvalue weighted by Crippen LogP contribution is 2.17. The molecule has 0 saturated heterocycles. The van der Waals surface area contributed by atoms with Gasteiger partial charge in [0.25, 0.3) is 0 Å². The summed E-state index contributed by atoms with van der Waals surface area (Å²) in [5.74, 6) is 0. The quantitative estimate of drug-likeness (QED) is 0.665. The van der Waals surface area contributed by atoms with Crippen LogP contribution in [0.5, 0.6) is 0 Å². The number of rotatable bonds is 2. The molecule has 0 radical (unpaired) electrons. The Morgan fingerprint density at radius 1 is 1.50 bits per heavy atom. The van der Waals surface area contributed by atoms with Crippen molar-refractivity contribution in [2.24, 2.45) is 5.73 Å². The second kappa shape index (κ2) is 3.03. The van der Waals surface area contributed by atoms with Crippen LogP contribution in [0.2, 0.25) is 0 Å². The molecule has 64 valence electrons.